The fourth-order valence-corrected chi connectivity index (χ4v) is 4.11. The molecule has 0 aliphatic rings. The van der Waals surface area contributed by atoms with Crippen LogP contribution in [0.2, 0.25) is 13.1 Å². The number of allylic oxidation sites excluding steroid dienone is 1. The van der Waals surface area contributed by atoms with Gasteiger partial charge in [-0.2, -0.15) is 0 Å². The standard InChI is InChI=1S/C9H22O3Si2/c1-5-6-7-8-9-11-14(4)12-13(3)10-2/h8-9,13-14H,5-7H2,1-4H3. The molecule has 2 atom stereocenters. The normalized spacial score (nSPS) is 15.7. The van der Waals surface area contributed by atoms with Crippen LogP contribution >= 0.6 is 0 Å². The van der Waals surface area contributed by atoms with E-state index in [1.165, 1.54) is 12.8 Å². The summed E-state index contributed by atoms with van der Waals surface area (Å²) in [5.74, 6) is 0. The molecule has 0 saturated carbocycles. The third-order valence-corrected chi connectivity index (χ3v) is 6.08. The molecule has 0 rings (SSSR count). The zero-order valence-corrected chi connectivity index (χ0v) is 12.0. The lowest BCUT2D eigenvalue weighted by atomic mass is 10.2. The van der Waals surface area contributed by atoms with Crippen molar-refractivity contribution in [1.82, 2.24) is 0 Å². The second-order valence-electron chi connectivity index (χ2n) is 3.16. The first kappa shape index (κ1) is 13.9. The molecule has 0 bridgehead atoms. The minimum atomic E-state index is -1.48. The highest BCUT2D eigenvalue weighted by Crippen LogP contribution is 1.98. The number of rotatable bonds is 8. The Morgan fingerprint density at radius 3 is 2.50 bits per heavy atom. The Morgan fingerprint density at radius 1 is 1.21 bits per heavy atom. The number of unbranched alkanes of at least 4 members (excludes halogenated alkanes) is 2. The van der Waals surface area contributed by atoms with Crippen molar-refractivity contribution >= 4 is 18.6 Å². The smallest absolute Gasteiger partial charge is 0.369 e. The summed E-state index contributed by atoms with van der Waals surface area (Å²) in [6.07, 6.45) is 7.38. The highest BCUT2D eigenvalue weighted by molar-refractivity contribution is 6.57. The first-order valence-corrected chi connectivity index (χ1v) is 9.39. The van der Waals surface area contributed by atoms with E-state index in [-0.39, 0.29) is 0 Å². The maximum Gasteiger partial charge on any atom is 0.369 e. The maximum absolute atomic E-state index is 5.59. The minimum absolute atomic E-state index is 1.09. The molecule has 0 N–H and O–H groups in total. The third kappa shape index (κ3) is 8.49. The molecule has 0 amide bonds. The van der Waals surface area contributed by atoms with Gasteiger partial charge in [0.1, 0.15) is 0 Å². The first-order valence-electron chi connectivity index (χ1n) is 5.19. The number of hydrogen-bond acceptors (Lipinski definition) is 3. The van der Waals surface area contributed by atoms with Gasteiger partial charge in [0.25, 0.3) is 0 Å². The van der Waals surface area contributed by atoms with Gasteiger partial charge in [-0.1, -0.05) is 19.4 Å². The average Bonchev–Trinajstić information content (AvgIpc) is 2.17. The molecule has 0 aliphatic carbocycles. The quantitative estimate of drug-likeness (QED) is 0.365. The van der Waals surface area contributed by atoms with Gasteiger partial charge in [-0.3, -0.25) is 0 Å². The Morgan fingerprint density at radius 2 is 1.93 bits per heavy atom. The Kier molecular flexibility index (Phi) is 9.38. The highest BCUT2D eigenvalue weighted by atomic mass is 28.4. The van der Waals surface area contributed by atoms with Crippen molar-refractivity contribution in [2.24, 2.45) is 0 Å². The van der Waals surface area contributed by atoms with Crippen LogP contribution in [0.15, 0.2) is 12.3 Å². The summed E-state index contributed by atoms with van der Waals surface area (Å²) in [5, 5.41) is 0. The predicted octanol–water partition coefficient (Wildman–Crippen LogP) is 2.07. The van der Waals surface area contributed by atoms with Crippen molar-refractivity contribution in [3.8, 4) is 0 Å². The first-order chi connectivity index (χ1) is 6.70. The summed E-state index contributed by atoms with van der Waals surface area (Å²) in [6.45, 7) is 6.21. The summed E-state index contributed by atoms with van der Waals surface area (Å²) >= 11 is 0. The van der Waals surface area contributed by atoms with Crippen LogP contribution in [0.5, 0.6) is 0 Å². The van der Waals surface area contributed by atoms with Crippen LogP contribution in [0.1, 0.15) is 26.2 Å². The second-order valence-corrected chi connectivity index (χ2v) is 7.26. The SMILES string of the molecule is CCCCC=CO[SiH](C)O[SiH](C)OC. The van der Waals surface area contributed by atoms with E-state index in [0.717, 1.165) is 6.42 Å². The van der Waals surface area contributed by atoms with Gasteiger partial charge in [-0.25, -0.2) is 0 Å². The van der Waals surface area contributed by atoms with Gasteiger partial charge in [0.05, 0.1) is 6.26 Å². The van der Waals surface area contributed by atoms with Gasteiger partial charge in [-0.05, 0) is 25.9 Å². The molecule has 0 aromatic carbocycles. The third-order valence-electron chi connectivity index (χ3n) is 1.81. The predicted molar refractivity (Wildman–Crippen MR) is 63.9 cm³/mol. The zero-order chi connectivity index (χ0) is 10.8. The van der Waals surface area contributed by atoms with E-state index < -0.39 is 18.6 Å². The van der Waals surface area contributed by atoms with Gasteiger partial charge in [0.15, 0.2) is 0 Å². The summed E-state index contributed by atoms with van der Waals surface area (Å²) in [4.78, 5) is 0. The Labute approximate surface area is 90.8 Å². The fourth-order valence-electron chi connectivity index (χ4n) is 0.914. The van der Waals surface area contributed by atoms with Crippen LogP contribution in [0, 0.1) is 0 Å². The molecule has 0 heterocycles. The van der Waals surface area contributed by atoms with Gasteiger partial charge in [-0.15, -0.1) is 0 Å². The van der Waals surface area contributed by atoms with Crippen LogP contribution in [-0.2, 0) is 13.0 Å². The lowest BCUT2D eigenvalue weighted by molar-refractivity contribution is 0.305. The van der Waals surface area contributed by atoms with Crippen molar-refractivity contribution in [2.45, 2.75) is 39.3 Å². The monoisotopic (exact) mass is 234 g/mol. The molecule has 0 saturated heterocycles. The zero-order valence-electron chi connectivity index (χ0n) is 9.66. The van der Waals surface area contributed by atoms with Crippen molar-refractivity contribution in [2.75, 3.05) is 7.11 Å². The molecule has 0 spiro atoms. The van der Waals surface area contributed by atoms with Crippen molar-refractivity contribution in [1.29, 1.82) is 0 Å². The molecule has 0 radical (unpaired) electrons. The van der Waals surface area contributed by atoms with Crippen molar-refractivity contribution in [3.63, 3.8) is 0 Å². The average molecular weight is 234 g/mol. The molecule has 0 aliphatic heterocycles. The molecular formula is C9H22O3Si2. The van der Waals surface area contributed by atoms with E-state index in [9.17, 15) is 0 Å². The highest BCUT2D eigenvalue weighted by Gasteiger charge is 2.11. The summed E-state index contributed by atoms with van der Waals surface area (Å²) in [5.41, 5.74) is 0. The van der Waals surface area contributed by atoms with E-state index in [0.29, 0.717) is 0 Å². The Hall–Kier alpha value is -0.106. The van der Waals surface area contributed by atoms with Crippen LogP contribution in [0.3, 0.4) is 0 Å². The van der Waals surface area contributed by atoms with E-state index in [1.54, 1.807) is 13.4 Å². The lowest BCUT2D eigenvalue weighted by Crippen LogP contribution is -2.27. The summed E-state index contributed by atoms with van der Waals surface area (Å²) < 4.78 is 16.2. The van der Waals surface area contributed by atoms with Crippen LogP contribution in [-0.4, -0.2) is 25.7 Å². The van der Waals surface area contributed by atoms with E-state index in [4.69, 9.17) is 13.0 Å². The van der Waals surface area contributed by atoms with Crippen LogP contribution in [0.25, 0.3) is 0 Å². The van der Waals surface area contributed by atoms with Crippen LogP contribution in [0.4, 0.5) is 0 Å². The molecule has 5 heteroatoms. The molecule has 0 aromatic rings. The van der Waals surface area contributed by atoms with Gasteiger partial charge >= 0.3 is 18.6 Å². The lowest BCUT2D eigenvalue weighted by Gasteiger charge is -2.14. The molecular weight excluding hydrogens is 212 g/mol. The Bertz CT molecular complexity index is 153. The topological polar surface area (TPSA) is 27.7 Å². The second kappa shape index (κ2) is 9.45. The molecule has 0 fully saturated rings. The molecule has 14 heavy (non-hydrogen) atoms. The van der Waals surface area contributed by atoms with Crippen LogP contribution < -0.4 is 0 Å². The molecule has 2 unspecified atom stereocenters. The summed E-state index contributed by atoms with van der Waals surface area (Å²) in [7, 11) is -1.19. The van der Waals surface area contributed by atoms with Crippen molar-refractivity contribution < 1.29 is 13.0 Å². The fraction of sp³-hybridized carbons (Fsp3) is 0.778. The minimum Gasteiger partial charge on any atom is -0.530 e. The maximum atomic E-state index is 5.59. The van der Waals surface area contributed by atoms with Gasteiger partial charge < -0.3 is 13.0 Å². The molecule has 0 aromatic heterocycles. The Balaban J connectivity index is 3.42. The van der Waals surface area contributed by atoms with Gasteiger partial charge in [0, 0.05) is 7.11 Å². The number of hydrogen-bond donors (Lipinski definition) is 0. The van der Waals surface area contributed by atoms with E-state index >= 15 is 0 Å². The molecule has 84 valence electrons. The molecule has 3 nitrogen and oxygen atoms in total. The van der Waals surface area contributed by atoms with Gasteiger partial charge in [0.2, 0.25) is 0 Å². The van der Waals surface area contributed by atoms with E-state index in [2.05, 4.69) is 13.0 Å². The van der Waals surface area contributed by atoms with E-state index in [1.807, 2.05) is 13.1 Å². The summed E-state index contributed by atoms with van der Waals surface area (Å²) in [6, 6.07) is 0. The largest absolute Gasteiger partial charge is 0.530 e. The van der Waals surface area contributed by atoms with Crippen molar-refractivity contribution in [3.05, 3.63) is 12.3 Å².